The molecule has 4 bridgehead atoms. The number of hydrogen-bond acceptors (Lipinski definition) is 3. The van der Waals surface area contributed by atoms with E-state index in [-0.39, 0.29) is 29.2 Å². The maximum atomic E-state index is 13.6. The Balaban J connectivity index is 1.20. The number of likely N-dealkylation sites (tertiary alicyclic amines) is 1. The summed E-state index contributed by atoms with van der Waals surface area (Å²) in [6.45, 7) is 5.56. The fraction of sp³-hybridized carbons (Fsp3) is 0.690. The molecule has 0 radical (unpaired) electrons. The zero-order chi connectivity index (χ0) is 24.4. The molecule has 6 aliphatic rings. The van der Waals surface area contributed by atoms with Gasteiger partial charge in [0.15, 0.2) is 0 Å². The fourth-order valence-corrected chi connectivity index (χ4v) is 8.87. The number of nitrogens with one attached hydrogen (secondary N) is 1. The number of benzene rings is 1. The highest BCUT2D eigenvalue weighted by Crippen LogP contribution is 2.61. The van der Waals surface area contributed by atoms with Crippen molar-refractivity contribution in [3.8, 4) is 0 Å². The fourth-order valence-electron chi connectivity index (χ4n) is 8.87. The van der Waals surface area contributed by atoms with Crippen molar-refractivity contribution in [3.05, 3.63) is 35.4 Å². The van der Waals surface area contributed by atoms with Crippen molar-refractivity contribution in [2.75, 3.05) is 13.1 Å². The number of carbonyl (C=O) groups is 3. The van der Waals surface area contributed by atoms with Crippen LogP contribution in [0, 0.1) is 23.2 Å². The van der Waals surface area contributed by atoms with Gasteiger partial charge in [-0.1, -0.05) is 18.2 Å². The van der Waals surface area contributed by atoms with E-state index in [1.807, 2.05) is 34.1 Å². The van der Waals surface area contributed by atoms with Crippen LogP contribution in [0.3, 0.4) is 0 Å². The Bertz CT molecular complexity index is 1010. The van der Waals surface area contributed by atoms with Gasteiger partial charge in [0, 0.05) is 38.2 Å². The number of rotatable bonds is 5. The molecule has 6 heteroatoms. The third-order valence-corrected chi connectivity index (χ3v) is 10.4. The topological polar surface area (TPSA) is 69.7 Å². The molecule has 5 fully saturated rings. The first kappa shape index (κ1) is 23.1. The number of fused-ring (bicyclic) bond motifs is 1. The van der Waals surface area contributed by atoms with Crippen LogP contribution in [-0.4, -0.2) is 52.2 Å². The van der Waals surface area contributed by atoms with Gasteiger partial charge in [-0.25, -0.2) is 0 Å². The lowest BCUT2D eigenvalue weighted by atomic mass is 9.48. The summed E-state index contributed by atoms with van der Waals surface area (Å²) < 4.78 is 0. The van der Waals surface area contributed by atoms with Gasteiger partial charge in [0.25, 0.3) is 5.91 Å². The molecule has 1 saturated heterocycles. The summed E-state index contributed by atoms with van der Waals surface area (Å²) in [5.41, 5.74) is 1.50. The van der Waals surface area contributed by atoms with Crippen molar-refractivity contribution < 1.29 is 14.4 Å². The zero-order valence-corrected chi connectivity index (χ0v) is 21.2. The predicted octanol–water partition coefficient (Wildman–Crippen LogP) is 4.13. The highest BCUT2D eigenvalue weighted by Gasteiger charge is 2.54. The van der Waals surface area contributed by atoms with E-state index in [1.165, 1.54) is 38.5 Å². The average molecular weight is 478 g/mol. The summed E-state index contributed by atoms with van der Waals surface area (Å²) in [6, 6.07) is 7.96. The van der Waals surface area contributed by atoms with E-state index < -0.39 is 5.54 Å². The molecule has 0 spiro atoms. The van der Waals surface area contributed by atoms with Crippen LogP contribution >= 0.6 is 0 Å². The van der Waals surface area contributed by atoms with Crippen LogP contribution in [0.25, 0.3) is 0 Å². The van der Waals surface area contributed by atoms with Gasteiger partial charge in [0.05, 0.1) is 12.0 Å². The molecule has 4 aliphatic carbocycles. The normalized spacial score (nSPS) is 33.5. The maximum absolute atomic E-state index is 13.6. The summed E-state index contributed by atoms with van der Waals surface area (Å²) >= 11 is 0. The molecule has 1 atom stereocenters. The third-order valence-electron chi connectivity index (χ3n) is 10.4. The second-order valence-corrected chi connectivity index (χ2v) is 12.5. The second-order valence-electron chi connectivity index (χ2n) is 12.5. The van der Waals surface area contributed by atoms with Gasteiger partial charge in [0.1, 0.15) is 0 Å². The number of nitrogens with zero attached hydrogens (tertiary/aromatic N) is 2. The van der Waals surface area contributed by atoms with Gasteiger partial charge >= 0.3 is 0 Å². The first-order valence-electron chi connectivity index (χ1n) is 13.7. The monoisotopic (exact) mass is 477 g/mol. The van der Waals surface area contributed by atoms with E-state index in [9.17, 15) is 14.4 Å². The molecule has 1 aromatic carbocycles. The van der Waals surface area contributed by atoms with Gasteiger partial charge in [-0.3, -0.25) is 14.4 Å². The average Bonchev–Trinajstić information content (AvgIpc) is 3.16. The maximum Gasteiger partial charge on any atom is 0.254 e. The summed E-state index contributed by atoms with van der Waals surface area (Å²) in [5.74, 6) is 2.71. The Morgan fingerprint density at radius 2 is 1.63 bits per heavy atom. The van der Waals surface area contributed by atoms with E-state index >= 15 is 0 Å². The Morgan fingerprint density at radius 3 is 2.20 bits per heavy atom. The van der Waals surface area contributed by atoms with Gasteiger partial charge < -0.3 is 15.1 Å². The Hall–Kier alpha value is -2.37. The lowest BCUT2D eigenvalue weighted by Gasteiger charge is -2.59. The van der Waals surface area contributed by atoms with E-state index in [4.69, 9.17) is 0 Å². The number of amides is 3. The largest absolute Gasteiger partial charge is 0.353 e. The third kappa shape index (κ3) is 3.88. The number of hydrogen-bond donors (Lipinski definition) is 1. The number of piperidine rings is 1. The van der Waals surface area contributed by atoms with Crippen molar-refractivity contribution in [2.24, 2.45) is 23.2 Å². The minimum atomic E-state index is -0.548. The molecule has 0 aromatic heterocycles. The molecule has 4 saturated carbocycles. The highest BCUT2D eigenvalue weighted by molar-refractivity contribution is 5.99. The zero-order valence-electron chi connectivity index (χ0n) is 21.2. The minimum absolute atomic E-state index is 0.0267. The van der Waals surface area contributed by atoms with Crippen LogP contribution in [0.2, 0.25) is 0 Å². The summed E-state index contributed by atoms with van der Waals surface area (Å²) in [5, 5.41) is 3.44. The van der Waals surface area contributed by atoms with Crippen LogP contribution in [-0.2, 0) is 16.1 Å². The van der Waals surface area contributed by atoms with E-state index in [0.717, 1.165) is 28.9 Å². The van der Waals surface area contributed by atoms with E-state index in [1.54, 1.807) is 6.92 Å². The lowest BCUT2D eigenvalue weighted by molar-refractivity contribution is -0.133. The van der Waals surface area contributed by atoms with Gasteiger partial charge in [-0.15, -0.1) is 0 Å². The summed E-state index contributed by atoms with van der Waals surface area (Å²) in [6.07, 6.45) is 9.58. The Morgan fingerprint density at radius 1 is 1.03 bits per heavy atom. The van der Waals surface area contributed by atoms with Gasteiger partial charge in [-0.2, -0.15) is 0 Å². The van der Waals surface area contributed by atoms with Crippen molar-refractivity contribution >= 4 is 17.7 Å². The first-order chi connectivity index (χ1) is 16.8. The molecule has 188 valence electrons. The smallest absolute Gasteiger partial charge is 0.254 e. The van der Waals surface area contributed by atoms with Crippen LogP contribution in [0.4, 0.5) is 0 Å². The second kappa shape index (κ2) is 8.35. The molecular formula is C29H39N3O3. The molecule has 6 nitrogen and oxygen atoms in total. The van der Waals surface area contributed by atoms with Crippen LogP contribution < -0.4 is 5.32 Å². The lowest BCUT2D eigenvalue weighted by Crippen LogP contribution is -2.60. The molecule has 1 unspecified atom stereocenters. The van der Waals surface area contributed by atoms with Crippen LogP contribution in [0.1, 0.15) is 87.6 Å². The molecule has 2 aliphatic heterocycles. The molecule has 2 heterocycles. The molecule has 3 amide bonds. The van der Waals surface area contributed by atoms with E-state index in [2.05, 4.69) is 12.2 Å². The minimum Gasteiger partial charge on any atom is -0.353 e. The van der Waals surface area contributed by atoms with Crippen molar-refractivity contribution in [2.45, 2.75) is 89.8 Å². The number of carbonyl (C=O) groups excluding carboxylic acids is 3. The molecule has 1 aromatic rings. The van der Waals surface area contributed by atoms with Crippen LogP contribution in [0.15, 0.2) is 24.3 Å². The molecule has 35 heavy (non-hydrogen) atoms. The Kier molecular flexibility index (Phi) is 5.50. The van der Waals surface area contributed by atoms with Gasteiger partial charge in [0.2, 0.25) is 11.8 Å². The SMILES string of the molecule is CC(=O)N1CCC(CC(=O)NC(C)C23CC4CC(CC(C4)C2)C3)(N2Cc3ccccc3C2=O)CC1. The van der Waals surface area contributed by atoms with Crippen molar-refractivity contribution in [1.82, 2.24) is 15.1 Å². The Labute approximate surface area is 208 Å². The predicted molar refractivity (Wildman–Crippen MR) is 133 cm³/mol. The van der Waals surface area contributed by atoms with Crippen molar-refractivity contribution in [3.63, 3.8) is 0 Å². The van der Waals surface area contributed by atoms with E-state index in [0.29, 0.717) is 38.9 Å². The molecule has 1 N–H and O–H groups in total. The molecular weight excluding hydrogens is 438 g/mol. The summed E-state index contributed by atoms with van der Waals surface area (Å²) in [4.78, 5) is 42.9. The van der Waals surface area contributed by atoms with Crippen molar-refractivity contribution in [1.29, 1.82) is 0 Å². The van der Waals surface area contributed by atoms with Crippen LogP contribution in [0.5, 0.6) is 0 Å². The standard InChI is InChI=1S/C29H39N3O3/c1-19(28-14-21-11-22(15-28)13-23(12-21)16-28)30-26(34)17-29(7-9-31(10-8-29)20(2)33)32-18-24-5-3-4-6-25(24)27(32)35/h3-6,19,21-23H,7-18H2,1-2H3,(H,30,34). The molecule has 7 rings (SSSR count). The highest BCUT2D eigenvalue weighted by atomic mass is 16.2. The summed E-state index contributed by atoms with van der Waals surface area (Å²) in [7, 11) is 0. The van der Waals surface area contributed by atoms with Gasteiger partial charge in [-0.05, 0) is 93.1 Å². The first-order valence-corrected chi connectivity index (χ1v) is 13.7. The quantitative estimate of drug-likeness (QED) is 0.693.